The van der Waals surface area contributed by atoms with Gasteiger partial charge >= 0.3 is 0 Å². The molecule has 0 unspecified atom stereocenters. The number of amides is 1. The maximum atomic E-state index is 11.4. The van der Waals surface area contributed by atoms with Gasteiger partial charge in [0.05, 0.1) is 11.0 Å². The Balaban J connectivity index is 2.32. The van der Waals surface area contributed by atoms with E-state index in [1.807, 2.05) is 57.6 Å². The number of pyridine rings is 2. The van der Waals surface area contributed by atoms with Crippen molar-refractivity contribution in [2.24, 2.45) is 4.99 Å². The molecule has 0 radical (unpaired) electrons. The molecule has 1 amide bonds. The molecule has 19 heavy (non-hydrogen) atoms. The van der Waals surface area contributed by atoms with Crippen LogP contribution in [0.3, 0.4) is 0 Å². The van der Waals surface area contributed by atoms with Gasteiger partial charge in [-0.1, -0.05) is 46.3 Å². The van der Waals surface area contributed by atoms with Crippen molar-refractivity contribution in [1.29, 1.82) is 0 Å². The Morgan fingerprint density at radius 3 is 2.89 bits per heavy atom. The van der Waals surface area contributed by atoms with Gasteiger partial charge in [0.15, 0.2) is 0 Å². The molecule has 6 heteroatoms. The SMILES string of the molecule is O=C(CI)N=c1ccccn1Cc1ccc(Cl)nc1. The predicted molar refractivity (Wildman–Crippen MR) is 82.2 cm³/mol. The second kappa shape index (κ2) is 6.81. The summed E-state index contributed by atoms with van der Waals surface area (Å²) in [6.45, 7) is 0.596. The van der Waals surface area contributed by atoms with E-state index in [0.717, 1.165) is 5.56 Å². The summed E-state index contributed by atoms with van der Waals surface area (Å²) in [5.74, 6) is -0.144. The summed E-state index contributed by atoms with van der Waals surface area (Å²) in [6, 6.07) is 9.22. The molecule has 2 aromatic rings. The normalized spacial score (nSPS) is 11.6. The fraction of sp³-hybridized carbons (Fsp3) is 0.154. The molecule has 0 fully saturated rings. The molecule has 0 aliphatic rings. The van der Waals surface area contributed by atoms with E-state index in [4.69, 9.17) is 11.6 Å². The molecule has 2 aromatic heterocycles. The Labute approximate surface area is 129 Å². The standard InChI is InChI=1S/C13H11ClIN3O/c14-11-5-4-10(8-16-11)9-18-6-2-1-3-12(18)17-13(19)7-15/h1-6,8H,7,9H2. The van der Waals surface area contributed by atoms with Crippen molar-refractivity contribution >= 4 is 40.1 Å². The quantitative estimate of drug-likeness (QED) is 0.461. The van der Waals surface area contributed by atoms with Crippen molar-refractivity contribution in [3.63, 3.8) is 0 Å². The molecule has 0 saturated heterocycles. The van der Waals surface area contributed by atoms with Crippen molar-refractivity contribution in [3.05, 3.63) is 58.9 Å². The molecular weight excluding hydrogens is 377 g/mol. The first-order valence-electron chi connectivity index (χ1n) is 5.58. The van der Waals surface area contributed by atoms with Gasteiger partial charge in [-0.3, -0.25) is 4.79 Å². The van der Waals surface area contributed by atoms with E-state index in [0.29, 0.717) is 21.6 Å². The molecular formula is C13H11ClIN3O. The van der Waals surface area contributed by atoms with E-state index in [-0.39, 0.29) is 5.91 Å². The molecule has 0 atom stereocenters. The van der Waals surface area contributed by atoms with Gasteiger partial charge in [0, 0.05) is 12.4 Å². The van der Waals surface area contributed by atoms with Gasteiger partial charge in [-0.05, 0) is 23.8 Å². The zero-order valence-corrected chi connectivity index (χ0v) is 12.9. The molecule has 2 rings (SSSR count). The Bertz CT molecular complexity index is 637. The van der Waals surface area contributed by atoms with Crippen molar-refractivity contribution in [3.8, 4) is 0 Å². The maximum Gasteiger partial charge on any atom is 0.257 e. The van der Waals surface area contributed by atoms with Crippen molar-refractivity contribution in [2.75, 3.05) is 4.43 Å². The smallest absolute Gasteiger partial charge is 0.257 e. The van der Waals surface area contributed by atoms with Crippen LogP contribution in [0.1, 0.15) is 5.56 Å². The highest BCUT2D eigenvalue weighted by Crippen LogP contribution is 2.06. The van der Waals surface area contributed by atoms with Crippen LogP contribution in [0.25, 0.3) is 0 Å². The first kappa shape index (κ1) is 14.2. The van der Waals surface area contributed by atoms with Gasteiger partial charge in [0.25, 0.3) is 5.91 Å². The van der Waals surface area contributed by atoms with Gasteiger partial charge < -0.3 is 4.57 Å². The number of hydrogen-bond acceptors (Lipinski definition) is 2. The molecule has 0 N–H and O–H groups in total. The topological polar surface area (TPSA) is 47.2 Å². The molecule has 0 aliphatic heterocycles. The number of rotatable bonds is 3. The number of nitrogens with zero attached hydrogens (tertiary/aromatic N) is 3. The van der Waals surface area contributed by atoms with E-state index >= 15 is 0 Å². The van der Waals surface area contributed by atoms with Crippen LogP contribution in [0, 0.1) is 0 Å². The Morgan fingerprint density at radius 1 is 1.37 bits per heavy atom. The molecule has 98 valence electrons. The number of halogens is 2. The first-order chi connectivity index (χ1) is 9.19. The second-order valence-corrected chi connectivity index (χ2v) is 4.97. The van der Waals surface area contributed by atoms with Crippen LogP contribution in [-0.2, 0) is 11.3 Å². The maximum absolute atomic E-state index is 11.4. The van der Waals surface area contributed by atoms with Crippen molar-refractivity contribution in [2.45, 2.75) is 6.54 Å². The van der Waals surface area contributed by atoms with Crippen LogP contribution in [-0.4, -0.2) is 19.9 Å². The van der Waals surface area contributed by atoms with E-state index in [1.54, 1.807) is 12.3 Å². The zero-order chi connectivity index (χ0) is 13.7. The summed E-state index contributed by atoms with van der Waals surface area (Å²) in [5.41, 5.74) is 1.64. The molecule has 0 spiro atoms. The average Bonchev–Trinajstić information content (AvgIpc) is 2.43. The summed E-state index contributed by atoms with van der Waals surface area (Å²) < 4.78 is 2.27. The molecule has 0 saturated carbocycles. The molecule has 0 bridgehead atoms. The van der Waals surface area contributed by atoms with Gasteiger partial charge in [-0.2, -0.15) is 4.99 Å². The fourth-order valence-electron chi connectivity index (χ4n) is 1.56. The third kappa shape index (κ3) is 4.14. The van der Waals surface area contributed by atoms with Gasteiger partial charge in [-0.25, -0.2) is 4.98 Å². The number of hydrogen-bond donors (Lipinski definition) is 0. The van der Waals surface area contributed by atoms with E-state index < -0.39 is 0 Å². The second-order valence-electron chi connectivity index (χ2n) is 3.82. The largest absolute Gasteiger partial charge is 0.328 e. The van der Waals surface area contributed by atoms with Crippen molar-refractivity contribution < 1.29 is 4.79 Å². The van der Waals surface area contributed by atoms with E-state index in [2.05, 4.69) is 9.98 Å². The molecule has 2 heterocycles. The highest BCUT2D eigenvalue weighted by atomic mass is 127. The summed E-state index contributed by atoms with van der Waals surface area (Å²) in [7, 11) is 0. The number of aromatic nitrogens is 2. The van der Waals surface area contributed by atoms with Crippen LogP contribution < -0.4 is 5.49 Å². The minimum atomic E-state index is -0.144. The van der Waals surface area contributed by atoms with E-state index in [9.17, 15) is 4.79 Å². The van der Waals surface area contributed by atoms with Crippen LogP contribution in [0.5, 0.6) is 0 Å². The number of carbonyl (C=O) groups is 1. The van der Waals surface area contributed by atoms with E-state index in [1.165, 1.54) is 0 Å². The third-order valence-corrected chi connectivity index (χ3v) is 3.29. The Morgan fingerprint density at radius 2 is 2.21 bits per heavy atom. The molecule has 0 aromatic carbocycles. The van der Waals surface area contributed by atoms with Gasteiger partial charge in [-0.15, -0.1) is 0 Å². The highest BCUT2D eigenvalue weighted by molar-refractivity contribution is 14.1. The Kier molecular flexibility index (Phi) is 5.09. The van der Waals surface area contributed by atoms with Crippen LogP contribution in [0.15, 0.2) is 47.7 Å². The molecule has 4 nitrogen and oxygen atoms in total. The average molecular weight is 388 g/mol. The predicted octanol–water partition coefficient (Wildman–Crippen LogP) is 2.45. The van der Waals surface area contributed by atoms with Crippen LogP contribution in [0.4, 0.5) is 0 Å². The summed E-state index contributed by atoms with van der Waals surface area (Å²) in [6.07, 6.45) is 3.60. The van der Waals surface area contributed by atoms with Gasteiger partial charge in [0.1, 0.15) is 10.6 Å². The third-order valence-electron chi connectivity index (χ3n) is 2.41. The molecule has 0 aliphatic carbocycles. The lowest BCUT2D eigenvalue weighted by Gasteiger charge is -2.06. The lowest BCUT2D eigenvalue weighted by Crippen LogP contribution is -2.22. The van der Waals surface area contributed by atoms with Crippen molar-refractivity contribution in [1.82, 2.24) is 9.55 Å². The minimum Gasteiger partial charge on any atom is -0.328 e. The summed E-state index contributed by atoms with van der Waals surface area (Å²) in [5, 5.41) is 0.465. The zero-order valence-electron chi connectivity index (χ0n) is 9.96. The van der Waals surface area contributed by atoms with Crippen LogP contribution in [0.2, 0.25) is 5.15 Å². The van der Waals surface area contributed by atoms with Crippen LogP contribution >= 0.6 is 34.2 Å². The summed E-state index contributed by atoms with van der Waals surface area (Å²) >= 11 is 7.75. The fourth-order valence-corrected chi connectivity index (χ4v) is 1.84. The Hall–Kier alpha value is -1.21. The van der Waals surface area contributed by atoms with Gasteiger partial charge in [0.2, 0.25) is 0 Å². The number of carbonyl (C=O) groups excluding carboxylic acids is 1. The minimum absolute atomic E-state index is 0.144. The lowest BCUT2D eigenvalue weighted by molar-refractivity contribution is -0.115. The monoisotopic (exact) mass is 387 g/mol. The first-order valence-corrected chi connectivity index (χ1v) is 7.49. The highest BCUT2D eigenvalue weighted by Gasteiger charge is 1.99. The summed E-state index contributed by atoms with van der Waals surface area (Å²) in [4.78, 5) is 19.5. The lowest BCUT2D eigenvalue weighted by atomic mass is 10.3. The number of alkyl halides is 1.